The van der Waals surface area contributed by atoms with Crippen molar-refractivity contribution < 1.29 is 22.8 Å². The van der Waals surface area contributed by atoms with Gasteiger partial charge in [0.25, 0.3) is 12.3 Å². The van der Waals surface area contributed by atoms with Gasteiger partial charge in [-0.3, -0.25) is 19.3 Å². The van der Waals surface area contributed by atoms with Crippen LogP contribution in [0.25, 0.3) is 11.3 Å². The number of carbonyl (C=O) groups excluding carboxylic acids is 2. The van der Waals surface area contributed by atoms with E-state index in [4.69, 9.17) is 11.6 Å². The highest BCUT2D eigenvalue weighted by molar-refractivity contribution is 6.31. The number of alkyl halides is 2. The van der Waals surface area contributed by atoms with Crippen LogP contribution in [0.1, 0.15) is 41.4 Å². The summed E-state index contributed by atoms with van der Waals surface area (Å²) in [5, 5.41) is 6.52. The van der Waals surface area contributed by atoms with Crippen molar-refractivity contribution in [2.24, 2.45) is 5.92 Å². The van der Waals surface area contributed by atoms with Crippen molar-refractivity contribution in [3.63, 3.8) is 0 Å². The molecule has 0 aliphatic carbocycles. The number of benzene rings is 2. The Morgan fingerprint density at radius 1 is 1.15 bits per heavy atom. The van der Waals surface area contributed by atoms with Crippen LogP contribution in [0.2, 0.25) is 5.02 Å². The molecule has 1 N–H and O–H groups in total. The van der Waals surface area contributed by atoms with Crippen LogP contribution in [0, 0.1) is 11.7 Å². The molecule has 0 saturated carbocycles. The van der Waals surface area contributed by atoms with E-state index in [2.05, 4.69) is 20.4 Å². The second-order valence-corrected chi connectivity index (χ2v) is 9.55. The Labute approximate surface area is 226 Å². The van der Waals surface area contributed by atoms with Crippen LogP contribution in [0.5, 0.6) is 0 Å². The van der Waals surface area contributed by atoms with E-state index in [1.165, 1.54) is 6.20 Å². The molecule has 12 heteroatoms. The highest BCUT2D eigenvalue weighted by Gasteiger charge is 2.28. The van der Waals surface area contributed by atoms with Crippen molar-refractivity contribution in [1.29, 1.82) is 0 Å². The van der Waals surface area contributed by atoms with Crippen molar-refractivity contribution in [1.82, 2.24) is 19.7 Å². The molecule has 1 fully saturated rings. The molecule has 1 aliphatic heterocycles. The molecule has 0 unspecified atom stereocenters. The lowest BCUT2D eigenvalue weighted by Crippen LogP contribution is -2.26. The summed E-state index contributed by atoms with van der Waals surface area (Å²) in [6.45, 7) is 3.05. The summed E-state index contributed by atoms with van der Waals surface area (Å²) in [7, 11) is 0. The van der Waals surface area contributed by atoms with Gasteiger partial charge in [0.05, 0.1) is 41.5 Å². The van der Waals surface area contributed by atoms with Crippen molar-refractivity contribution in [2.75, 3.05) is 16.8 Å². The second kappa shape index (κ2) is 10.9. The third-order valence-corrected chi connectivity index (χ3v) is 6.73. The Kier molecular flexibility index (Phi) is 7.34. The van der Waals surface area contributed by atoms with Gasteiger partial charge in [-0.15, -0.1) is 0 Å². The number of carbonyl (C=O) groups is 2. The van der Waals surface area contributed by atoms with Gasteiger partial charge in [0.2, 0.25) is 5.91 Å². The maximum Gasteiger partial charge on any atom is 0.275 e. The fraction of sp³-hybridized carbons (Fsp3) is 0.222. The van der Waals surface area contributed by atoms with E-state index in [1.807, 2.05) is 31.2 Å². The normalized spacial score (nSPS) is 15.3. The minimum Gasteiger partial charge on any atom is -0.318 e. The van der Waals surface area contributed by atoms with Gasteiger partial charge in [-0.05, 0) is 30.2 Å². The maximum absolute atomic E-state index is 14.6. The quantitative estimate of drug-likeness (QED) is 0.314. The van der Waals surface area contributed by atoms with E-state index < -0.39 is 29.3 Å². The summed E-state index contributed by atoms with van der Waals surface area (Å²) in [4.78, 5) is 34.8. The topological polar surface area (TPSA) is 93.0 Å². The molecule has 1 aliphatic rings. The summed E-state index contributed by atoms with van der Waals surface area (Å²) in [5.41, 5.74) is 0.576. The van der Waals surface area contributed by atoms with Crippen molar-refractivity contribution in [2.45, 2.75) is 26.3 Å². The zero-order valence-corrected chi connectivity index (χ0v) is 21.4. The highest BCUT2D eigenvalue weighted by Crippen LogP contribution is 2.35. The van der Waals surface area contributed by atoms with Crippen LogP contribution in [0.4, 0.5) is 24.5 Å². The first-order chi connectivity index (χ1) is 18.7. The molecule has 200 valence electrons. The summed E-state index contributed by atoms with van der Waals surface area (Å²) in [6.07, 6.45) is 3.13. The molecule has 0 radical (unpaired) electrons. The molecule has 8 nitrogen and oxygen atoms in total. The number of amides is 2. The van der Waals surface area contributed by atoms with Crippen LogP contribution < -0.4 is 10.2 Å². The monoisotopic (exact) mass is 554 g/mol. The average Bonchev–Trinajstić information content (AvgIpc) is 3.51. The van der Waals surface area contributed by atoms with Gasteiger partial charge < -0.3 is 10.2 Å². The van der Waals surface area contributed by atoms with Gasteiger partial charge >= 0.3 is 0 Å². The molecule has 2 aromatic carbocycles. The third kappa shape index (κ3) is 5.49. The van der Waals surface area contributed by atoms with E-state index in [9.17, 15) is 22.8 Å². The number of aromatic nitrogens is 4. The Morgan fingerprint density at radius 3 is 2.62 bits per heavy atom. The first-order valence-corrected chi connectivity index (χ1v) is 12.4. The fourth-order valence-corrected chi connectivity index (χ4v) is 4.52. The Bertz CT molecular complexity index is 1540. The second-order valence-electron chi connectivity index (χ2n) is 9.14. The van der Waals surface area contributed by atoms with E-state index in [1.54, 1.807) is 15.8 Å². The van der Waals surface area contributed by atoms with Crippen LogP contribution >= 0.6 is 11.6 Å². The van der Waals surface area contributed by atoms with Gasteiger partial charge in [0.1, 0.15) is 5.69 Å². The minimum atomic E-state index is -2.99. The first kappa shape index (κ1) is 26.4. The van der Waals surface area contributed by atoms with E-state index in [0.29, 0.717) is 18.8 Å². The van der Waals surface area contributed by atoms with Gasteiger partial charge in [0.15, 0.2) is 5.82 Å². The molecule has 0 spiro atoms. The Morgan fingerprint density at radius 2 is 1.92 bits per heavy atom. The SMILES string of the molecule is C[C@@H]1CCN(c2ccc(Cn3cc(NC(=O)c4cncc(-c5c(C(F)F)ccc(Cl)c5F)n4)cn3)cc2)C1=O. The predicted molar refractivity (Wildman–Crippen MR) is 139 cm³/mol. The number of nitrogens with one attached hydrogen (secondary N) is 1. The number of hydrogen-bond donors (Lipinski definition) is 1. The number of hydrogen-bond acceptors (Lipinski definition) is 5. The summed E-state index contributed by atoms with van der Waals surface area (Å²) < 4.78 is 43.2. The summed E-state index contributed by atoms with van der Waals surface area (Å²) in [5.74, 6) is -1.60. The minimum absolute atomic E-state index is 0.0314. The molecule has 0 bridgehead atoms. The average molecular weight is 555 g/mol. The van der Waals surface area contributed by atoms with Gasteiger partial charge in [-0.2, -0.15) is 5.10 Å². The van der Waals surface area contributed by atoms with Crippen LogP contribution in [0.3, 0.4) is 0 Å². The van der Waals surface area contributed by atoms with E-state index in [-0.39, 0.29) is 28.2 Å². The van der Waals surface area contributed by atoms with Crippen molar-refractivity contribution >= 4 is 34.8 Å². The lowest BCUT2D eigenvalue weighted by atomic mass is 10.0. The molecule has 39 heavy (non-hydrogen) atoms. The van der Waals surface area contributed by atoms with Crippen molar-refractivity contribution in [3.05, 3.63) is 88.8 Å². The number of anilines is 2. The standard InChI is InChI=1S/C27H22ClF3N6O2/c1-15-8-9-37(27(15)39)18-4-2-16(3-5-18)13-36-14-17(10-33-36)34-26(38)22-12-32-11-21(35-22)23-19(25(30)31)6-7-20(28)24(23)29/h2-7,10-12,14-15,25H,8-9,13H2,1H3,(H,34,38)/t15-/m1/s1. The molecular weight excluding hydrogens is 533 g/mol. The molecule has 4 aromatic rings. The molecule has 1 atom stereocenters. The lowest BCUT2D eigenvalue weighted by molar-refractivity contribution is -0.119. The fourth-order valence-electron chi connectivity index (χ4n) is 4.36. The zero-order chi connectivity index (χ0) is 27.7. The summed E-state index contributed by atoms with van der Waals surface area (Å²) in [6, 6.07) is 9.65. The lowest BCUT2D eigenvalue weighted by Gasteiger charge is -2.16. The number of halogens is 4. The maximum atomic E-state index is 14.6. The number of rotatable bonds is 7. The van der Waals surface area contributed by atoms with Crippen LogP contribution in [-0.4, -0.2) is 38.1 Å². The van der Waals surface area contributed by atoms with Crippen LogP contribution in [0.15, 0.2) is 61.2 Å². The largest absolute Gasteiger partial charge is 0.318 e. The molecule has 5 rings (SSSR count). The molecule has 3 heterocycles. The van der Waals surface area contributed by atoms with E-state index >= 15 is 0 Å². The Hall–Kier alpha value is -4.25. The number of nitrogens with zero attached hydrogens (tertiary/aromatic N) is 5. The van der Waals surface area contributed by atoms with Gasteiger partial charge in [0, 0.05) is 35.5 Å². The first-order valence-electron chi connectivity index (χ1n) is 12.0. The van der Waals surface area contributed by atoms with Gasteiger partial charge in [-0.25, -0.2) is 18.2 Å². The summed E-state index contributed by atoms with van der Waals surface area (Å²) >= 11 is 5.79. The highest BCUT2D eigenvalue weighted by atomic mass is 35.5. The molecule has 1 saturated heterocycles. The van der Waals surface area contributed by atoms with Crippen molar-refractivity contribution in [3.8, 4) is 11.3 Å². The molecule has 2 aromatic heterocycles. The van der Waals surface area contributed by atoms with Crippen LogP contribution in [-0.2, 0) is 11.3 Å². The Balaban J connectivity index is 1.28. The smallest absolute Gasteiger partial charge is 0.275 e. The molecular formula is C27H22ClF3N6O2. The third-order valence-electron chi connectivity index (χ3n) is 6.44. The predicted octanol–water partition coefficient (Wildman–Crippen LogP) is 5.74. The van der Waals surface area contributed by atoms with Gasteiger partial charge in [-0.1, -0.05) is 36.7 Å². The zero-order valence-electron chi connectivity index (χ0n) is 20.6. The molecule has 2 amide bonds. The van der Waals surface area contributed by atoms with E-state index in [0.717, 1.165) is 42.2 Å².